The van der Waals surface area contributed by atoms with Gasteiger partial charge in [0.05, 0.1) is 12.1 Å². The normalized spacial score (nSPS) is 15.2. The van der Waals surface area contributed by atoms with E-state index >= 15 is 0 Å². The second-order valence-electron chi connectivity index (χ2n) is 2.74. The van der Waals surface area contributed by atoms with Crippen molar-refractivity contribution in [1.29, 1.82) is 0 Å². The van der Waals surface area contributed by atoms with Gasteiger partial charge in [-0.1, -0.05) is 13.3 Å². The van der Waals surface area contributed by atoms with E-state index in [1.807, 2.05) is 0 Å². The van der Waals surface area contributed by atoms with Crippen LogP contribution in [0, 0.1) is 12.3 Å². The minimum atomic E-state index is 0.0694. The van der Waals surface area contributed by atoms with Gasteiger partial charge >= 0.3 is 0 Å². The smallest absolute Gasteiger partial charge is 0.0746 e. The monoisotopic (exact) mass is 170 g/mol. The summed E-state index contributed by atoms with van der Waals surface area (Å²) in [5, 5.41) is 0. The highest BCUT2D eigenvalue weighted by Gasteiger charge is 2.17. The van der Waals surface area contributed by atoms with E-state index in [9.17, 15) is 0 Å². The van der Waals surface area contributed by atoms with Gasteiger partial charge in [0.1, 0.15) is 0 Å². The van der Waals surface area contributed by atoms with Crippen LogP contribution in [0.2, 0.25) is 0 Å². The second kappa shape index (κ2) is 7.11. The van der Waals surface area contributed by atoms with Crippen molar-refractivity contribution < 1.29 is 4.74 Å². The predicted molar refractivity (Wildman–Crippen MR) is 50.3 cm³/mol. The molecule has 0 aliphatic heterocycles. The molecule has 12 heavy (non-hydrogen) atoms. The number of nitrogens with one attached hydrogen (secondary N) is 1. The number of hydrazine groups is 1. The van der Waals surface area contributed by atoms with Crippen molar-refractivity contribution in [2.24, 2.45) is 5.84 Å². The molecule has 0 aliphatic rings. The Balaban J connectivity index is 3.95. The van der Waals surface area contributed by atoms with E-state index in [4.69, 9.17) is 17.0 Å². The number of terminal acetylenes is 1. The Morgan fingerprint density at radius 1 is 1.67 bits per heavy atom. The first-order valence-corrected chi connectivity index (χ1v) is 4.22. The van der Waals surface area contributed by atoms with Gasteiger partial charge in [-0.25, -0.2) is 0 Å². The van der Waals surface area contributed by atoms with Crippen molar-refractivity contribution in [2.75, 3.05) is 7.11 Å². The molecule has 0 heterocycles. The lowest BCUT2D eigenvalue weighted by Gasteiger charge is -2.23. The molecular formula is C9H18N2O. The molecule has 3 N–H and O–H groups in total. The summed E-state index contributed by atoms with van der Waals surface area (Å²) in [5.74, 6) is 7.91. The van der Waals surface area contributed by atoms with Crippen LogP contribution >= 0.6 is 0 Å². The van der Waals surface area contributed by atoms with Gasteiger partial charge in [0.2, 0.25) is 0 Å². The number of hydrogen-bond acceptors (Lipinski definition) is 3. The number of methoxy groups -OCH3 is 1. The SMILES string of the molecule is C#CCC(NN)C(CCC)OC. The molecule has 0 saturated heterocycles. The molecule has 0 aromatic rings. The van der Waals surface area contributed by atoms with Crippen LogP contribution in [-0.2, 0) is 4.74 Å². The Morgan fingerprint density at radius 3 is 2.67 bits per heavy atom. The minimum absolute atomic E-state index is 0.0694. The van der Waals surface area contributed by atoms with Crippen LogP contribution in [0.1, 0.15) is 26.2 Å². The number of ether oxygens (including phenoxy) is 1. The van der Waals surface area contributed by atoms with Crippen LogP contribution in [0.25, 0.3) is 0 Å². The molecule has 70 valence electrons. The zero-order valence-corrected chi connectivity index (χ0v) is 7.84. The molecule has 3 nitrogen and oxygen atoms in total. The van der Waals surface area contributed by atoms with Gasteiger partial charge in [-0.2, -0.15) is 0 Å². The lowest BCUT2D eigenvalue weighted by atomic mass is 10.0. The molecule has 3 heteroatoms. The van der Waals surface area contributed by atoms with E-state index in [1.54, 1.807) is 7.11 Å². The molecule has 0 saturated carbocycles. The van der Waals surface area contributed by atoms with Gasteiger partial charge in [-0.3, -0.25) is 11.3 Å². The first kappa shape index (κ1) is 11.4. The molecule has 0 amide bonds. The largest absolute Gasteiger partial charge is 0.380 e. The fourth-order valence-electron chi connectivity index (χ4n) is 1.19. The van der Waals surface area contributed by atoms with E-state index in [0.717, 1.165) is 12.8 Å². The summed E-state index contributed by atoms with van der Waals surface area (Å²) in [5.41, 5.74) is 2.67. The molecule has 0 bridgehead atoms. The molecule has 0 rings (SSSR count). The molecule has 0 aromatic carbocycles. The summed E-state index contributed by atoms with van der Waals surface area (Å²) >= 11 is 0. The van der Waals surface area contributed by atoms with E-state index in [2.05, 4.69) is 18.3 Å². The average molecular weight is 170 g/mol. The maximum atomic E-state index is 5.34. The van der Waals surface area contributed by atoms with E-state index in [-0.39, 0.29) is 12.1 Å². The van der Waals surface area contributed by atoms with Gasteiger partial charge in [-0.15, -0.1) is 12.3 Å². The van der Waals surface area contributed by atoms with Crippen LogP contribution in [0.5, 0.6) is 0 Å². The number of nitrogens with two attached hydrogens (primary N) is 1. The molecule has 0 fully saturated rings. The Labute approximate surface area is 74.6 Å². The number of hydrogen-bond donors (Lipinski definition) is 2. The quantitative estimate of drug-likeness (QED) is 0.350. The van der Waals surface area contributed by atoms with E-state index in [0.29, 0.717) is 6.42 Å². The molecule has 2 unspecified atom stereocenters. The van der Waals surface area contributed by atoms with E-state index in [1.165, 1.54) is 0 Å². The summed E-state index contributed by atoms with van der Waals surface area (Å²) < 4.78 is 5.26. The standard InChI is InChI=1S/C9H18N2O/c1-4-6-8(11-10)9(12-3)7-5-2/h1,8-9,11H,5-7,10H2,2-3H3. The highest BCUT2D eigenvalue weighted by molar-refractivity contribution is 4.92. The zero-order valence-electron chi connectivity index (χ0n) is 7.84. The summed E-state index contributed by atoms with van der Waals surface area (Å²) in [6.07, 6.45) is 7.97. The van der Waals surface area contributed by atoms with Crippen LogP contribution in [0.4, 0.5) is 0 Å². The average Bonchev–Trinajstić information content (AvgIpc) is 2.11. The van der Waals surface area contributed by atoms with Crippen LogP contribution < -0.4 is 11.3 Å². The third kappa shape index (κ3) is 3.72. The predicted octanol–water partition coefficient (Wildman–Crippen LogP) is 0.657. The van der Waals surface area contributed by atoms with Gasteiger partial charge in [0.15, 0.2) is 0 Å². The van der Waals surface area contributed by atoms with Crippen LogP contribution in [0.15, 0.2) is 0 Å². The Kier molecular flexibility index (Phi) is 6.78. The summed E-state index contributed by atoms with van der Waals surface area (Å²) in [6.45, 7) is 2.11. The minimum Gasteiger partial charge on any atom is -0.380 e. The second-order valence-corrected chi connectivity index (χ2v) is 2.74. The Morgan fingerprint density at radius 2 is 2.33 bits per heavy atom. The van der Waals surface area contributed by atoms with Crippen molar-refractivity contribution in [3.8, 4) is 12.3 Å². The maximum absolute atomic E-state index is 5.34. The molecule has 0 spiro atoms. The van der Waals surface area contributed by atoms with Gasteiger partial charge < -0.3 is 4.74 Å². The molecule has 2 atom stereocenters. The van der Waals surface area contributed by atoms with Gasteiger partial charge in [0.25, 0.3) is 0 Å². The van der Waals surface area contributed by atoms with Crippen molar-refractivity contribution in [1.82, 2.24) is 5.43 Å². The lowest BCUT2D eigenvalue weighted by Crippen LogP contribution is -2.44. The van der Waals surface area contributed by atoms with Crippen LogP contribution in [-0.4, -0.2) is 19.3 Å². The van der Waals surface area contributed by atoms with Gasteiger partial charge in [0, 0.05) is 13.5 Å². The molecule has 0 aliphatic carbocycles. The van der Waals surface area contributed by atoms with E-state index < -0.39 is 0 Å². The Bertz CT molecular complexity index is 142. The first-order valence-electron chi connectivity index (χ1n) is 4.22. The topological polar surface area (TPSA) is 47.3 Å². The van der Waals surface area contributed by atoms with Crippen molar-refractivity contribution >= 4 is 0 Å². The third-order valence-corrected chi connectivity index (χ3v) is 1.88. The summed E-state index contributed by atoms with van der Waals surface area (Å²) in [6, 6.07) is 0.0694. The first-order chi connectivity index (χ1) is 5.79. The molecule has 0 aromatic heterocycles. The van der Waals surface area contributed by atoms with Crippen molar-refractivity contribution in [2.45, 2.75) is 38.3 Å². The van der Waals surface area contributed by atoms with Crippen LogP contribution in [0.3, 0.4) is 0 Å². The lowest BCUT2D eigenvalue weighted by molar-refractivity contribution is 0.0624. The summed E-state index contributed by atoms with van der Waals surface area (Å²) in [4.78, 5) is 0. The fraction of sp³-hybridized carbons (Fsp3) is 0.778. The third-order valence-electron chi connectivity index (χ3n) is 1.88. The Hall–Kier alpha value is -0.560. The number of rotatable bonds is 6. The maximum Gasteiger partial charge on any atom is 0.0746 e. The fourth-order valence-corrected chi connectivity index (χ4v) is 1.19. The van der Waals surface area contributed by atoms with Crippen molar-refractivity contribution in [3.63, 3.8) is 0 Å². The molecular weight excluding hydrogens is 152 g/mol. The summed E-state index contributed by atoms with van der Waals surface area (Å²) in [7, 11) is 1.68. The highest BCUT2D eigenvalue weighted by Crippen LogP contribution is 2.08. The molecule has 0 radical (unpaired) electrons. The zero-order chi connectivity index (χ0) is 9.40. The van der Waals surface area contributed by atoms with Crippen molar-refractivity contribution in [3.05, 3.63) is 0 Å². The van der Waals surface area contributed by atoms with Gasteiger partial charge in [-0.05, 0) is 6.42 Å². The highest BCUT2D eigenvalue weighted by atomic mass is 16.5.